The van der Waals surface area contributed by atoms with Gasteiger partial charge in [-0.25, -0.2) is 31.9 Å². The quantitative estimate of drug-likeness (QED) is 0.236. The molecule has 230 valence electrons. The van der Waals surface area contributed by atoms with Gasteiger partial charge < -0.3 is 10.6 Å². The number of piperazine rings is 1. The van der Waals surface area contributed by atoms with Crippen LogP contribution in [0.2, 0.25) is 0 Å². The van der Waals surface area contributed by atoms with Crippen molar-refractivity contribution in [3.63, 3.8) is 0 Å². The van der Waals surface area contributed by atoms with Gasteiger partial charge in [0.05, 0.1) is 16.0 Å². The van der Waals surface area contributed by atoms with E-state index < -0.39 is 26.1 Å². The number of hydrogen-bond acceptors (Lipinski definition) is 8. The Morgan fingerprint density at radius 2 is 1.56 bits per heavy atom. The molecule has 0 saturated carbocycles. The molecule has 4 rings (SSSR count). The number of hydrazone groups is 1. The molecule has 0 aromatic heterocycles. The van der Waals surface area contributed by atoms with E-state index in [0.717, 1.165) is 38.3 Å². The van der Waals surface area contributed by atoms with Gasteiger partial charge in [-0.05, 0) is 72.5 Å². The minimum absolute atomic E-state index is 0.0532. The summed E-state index contributed by atoms with van der Waals surface area (Å²) in [5.74, 6) is 0. The van der Waals surface area contributed by atoms with Gasteiger partial charge in [0.1, 0.15) is 0 Å². The summed E-state index contributed by atoms with van der Waals surface area (Å²) in [6.45, 7) is 7.02. The van der Waals surface area contributed by atoms with E-state index in [9.17, 15) is 21.6 Å². The highest BCUT2D eigenvalue weighted by atomic mass is 32.2. The van der Waals surface area contributed by atoms with Gasteiger partial charge in [-0.3, -0.25) is 9.91 Å². The highest BCUT2D eigenvalue weighted by molar-refractivity contribution is 7.89. The van der Waals surface area contributed by atoms with E-state index in [0.29, 0.717) is 16.8 Å². The molecule has 2 amide bonds. The lowest BCUT2D eigenvalue weighted by Gasteiger charge is -2.32. The Bertz CT molecular complexity index is 1670. The molecule has 3 aromatic rings. The van der Waals surface area contributed by atoms with Crippen LogP contribution in [-0.4, -0.2) is 71.7 Å². The van der Waals surface area contributed by atoms with E-state index >= 15 is 0 Å². The Morgan fingerprint density at radius 1 is 0.884 bits per heavy atom. The number of carbonyl (C=O) groups is 1. The molecule has 0 bridgehead atoms. The highest BCUT2D eigenvalue weighted by Crippen LogP contribution is 2.24. The molecule has 1 aliphatic rings. The average molecular weight is 628 g/mol. The molecule has 0 radical (unpaired) electrons. The van der Waals surface area contributed by atoms with Gasteiger partial charge in [0.2, 0.25) is 20.0 Å². The fraction of sp³-hybridized carbons (Fsp3) is 0.310. The molecule has 6 N–H and O–H groups in total. The summed E-state index contributed by atoms with van der Waals surface area (Å²) in [5.41, 5.74) is 2.62. The Hall–Kier alpha value is -3.82. The van der Waals surface area contributed by atoms with E-state index in [2.05, 4.69) is 27.6 Å². The number of unbranched alkanes of at least 4 members (excludes halogenated alkanes) is 1. The molecule has 0 aliphatic carbocycles. The molecular weight excluding hydrogens is 590 g/mol. The number of primary sulfonamides is 2. The molecule has 14 heteroatoms. The monoisotopic (exact) mass is 627 g/mol. The Labute approximate surface area is 252 Å². The van der Waals surface area contributed by atoms with Gasteiger partial charge >= 0.3 is 6.03 Å². The van der Waals surface area contributed by atoms with Gasteiger partial charge in [-0.1, -0.05) is 43.7 Å². The van der Waals surface area contributed by atoms with Crippen molar-refractivity contribution in [2.45, 2.75) is 36.0 Å². The minimum atomic E-state index is -4.14. The van der Waals surface area contributed by atoms with Crippen LogP contribution < -0.4 is 20.9 Å². The lowest BCUT2D eigenvalue weighted by atomic mass is 10.0. The number of carbonyl (C=O) groups excluding carboxylic acids is 1. The second kappa shape index (κ2) is 14.1. The number of anilines is 2. The first-order chi connectivity index (χ1) is 20.4. The van der Waals surface area contributed by atoms with Gasteiger partial charge in [-0.2, -0.15) is 5.10 Å². The molecule has 3 aromatic carbocycles. The predicted octanol–water partition coefficient (Wildman–Crippen LogP) is 2.97. The third-order valence-electron chi connectivity index (χ3n) is 6.97. The molecule has 1 saturated heterocycles. The number of benzene rings is 3. The summed E-state index contributed by atoms with van der Waals surface area (Å²) in [6, 6.07) is 16.8. The van der Waals surface area contributed by atoms with Crippen LogP contribution in [0.15, 0.2) is 81.6 Å². The van der Waals surface area contributed by atoms with Crippen molar-refractivity contribution < 1.29 is 21.6 Å². The molecule has 1 fully saturated rings. The average Bonchev–Trinajstić information content (AvgIpc) is 2.96. The van der Waals surface area contributed by atoms with Crippen molar-refractivity contribution in [2.75, 3.05) is 43.4 Å². The van der Waals surface area contributed by atoms with Crippen LogP contribution in [-0.2, 0) is 26.5 Å². The second-order valence-electron chi connectivity index (χ2n) is 10.3. The second-order valence-corrected chi connectivity index (χ2v) is 13.4. The zero-order valence-electron chi connectivity index (χ0n) is 23.9. The first-order valence-corrected chi connectivity index (χ1v) is 17.0. The molecule has 12 nitrogen and oxygen atoms in total. The van der Waals surface area contributed by atoms with Gasteiger partial charge in [0, 0.05) is 37.6 Å². The maximum atomic E-state index is 12.7. The largest absolute Gasteiger partial charge is 0.323 e. The molecule has 1 aliphatic heterocycles. The van der Waals surface area contributed by atoms with E-state index in [-0.39, 0.29) is 21.9 Å². The molecule has 43 heavy (non-hydrogen) atoms. The highest BCUT2D eigenvalue weighted by Gasteiger charge is 2.17. The van der Waals surface area contributed by atoms with Crippen LogP contribution in [0, 0.1) is 0 Å². The number of amides is 2. The van der Waals surface area contributed by atoms with Crippen molar-refractivity contribution in [1.29, 1.82) is 0 Å². The number of nitrogens with one attached hydrogen (secondary N) is 2. The van der Waals surface area contributed by atoms with Crippen LogP contribution in [0.25, 0.3) is 0 Å². The zero-order valence-corrected chi connectivity index (χ0v) is 25.6. The third kappa shape index (κ3) is 9.59. The topological polar surface area (TPSA) is 180 Å². The fourth-order valence-electron chi connectivity index (χ4n) is 4.66. The number of rotatable bonds is 11. The standard InChI is InChI=1S/C29H37N7O5S2/c1-2-3-13-35-14-16-36(17-15-35)32-21-23-5-4-6-25(19-23)33-29(37)34-26-10-9-24(28(20-26)43(31,40)41)18-22-7-11-27(12-8-22)42(30,38)39/h4-12,19-21H,2-3,13-18H2,1H3,(H2,30,38,39)(H2,31,40,41)(H2,33,34,37)/b32-21+. The maximum Gasteiger partial charge on any atom is 0.323 e. The van der Waals surface area contributed by atoms with Crippen molar-refractivity contribution >= 4 is 43.7 Å². The van der Waals surface area contributed by atoms with Crippen LogP contribution >= 0.6 is 0 Å². The summed E-state index contributed by atoms with van der Waals surface area (Å²) < 4.78 is 47.7. The first-order valence-electron chi connectivity index (χ1n) is 13.9. The van der Waals surface area contributed by atoms with Crippen molar-refractivity contribution in [2.24, 2.45) is 15.4 Å². The Kier molecular flexibility index (Phi) is 10.5. The number of nitrogens with two attached hydrogens (primary N) is 2. The number of nitrogens with zero attached hydrogens (tertiary/aromatic N) is 3. The number of sulfonamides is 2. The molecule has 1 heterocycles. The lowest BCUT2D eigenvalue weighted by Crippen LogP contribution is -2.44. The summed E-state index contributed by atoms with van der Waals surface area (Å²) in [4.78, 5) is 15.0. The minimum Gasteiger partial charge on any atom is -0.308 e. The Morgan fingerprint density at radius 3 is 2.19 bits per heavy atom. The fourth-order valence-corrected chi connectivity index (χ4v) is 5.97. The van der Waals surface area contributed by atoms with Crippen LogP contribution in [0.3, 0.4) is 0 Å². The van der Waals surface area contributed by atoms with Crippen LogP contribution in [0.4, 0.5) is 16.2 Å². The van der Waals surface area contributed by atoms with Crippen LogP contribution in [0.5, 0.6) is 0 Å². The first kappa shape index (κ1) is 32.1. The van der Waals surface area contributed by atoms with Crippen LogP contribution in [0.1, 0.15) is 36.5 Å². The summed E-state index contributed by atoms with van der Waals surface area (Å²) >= 11 is 0. The van der Waals surface area contributed by atoms with Crippen molar-refractivity contribution in [3.05, 3.63) is 83.4 Å². The summed E-state index contributed by atoms with van der Waals surface area (Å²) in [7, 11) is -7.99. The van der Waals surface area contributed by atoms with Gasteiger partial charge in [0.25, 0.3) is 0 Å². The summed E-state index contributed by atoms with van der Waals surface area (Å²) in [6.07, 6.45) is 4.32. The smallest absolute Gasteiger partial charge is 0.308 e. The Balaban J connectivity index is 1.38. The predicted molar refractivity (Wildman–Crippen MR) is 168 cm³/mol. The van der Waals surface area contributed by atoms with Gasteiger partial charge in [0.15, 0.2) is 0 Å². The molecule has 0 unspecified atom stereocenters. The maximum absolute atomic E-state index is 12.7. The summed E-state index contributed by atoms with van der Waals surface area (Å²) in [5, 5.41) is 22.6. The molecule has 0 atom stereocenters. The number of urea groups is 1. The molecular formula is C29H37N7O5S2. The lowest BCUT2D eigenvalue weighted by molar-refractivity contribution is 0.135. The van der Waals surface area contributed by atoms with Crippen molar-refractivity contribution in [3.8, 4) is 0 Å². The van der Waals surface area contributed by atoms with Gasteiger partial charge in [-0.15, -0.1) is 0 Å². The van der Waals surface area contributed by atoms with Crippen molar-refractivity contribution in [1.82, 2.24) is 9.91 Å². The van der Waals surface area contributed by atoms with E-state index in [1.165, 1.54) is 31.0 Å². The SMILES string of the molecule is CCCCN1CCN(/N=C/c2cccc(NC(=O)Nc3ccc(Cc4ccc(S(N)(=O)=O)cc4)c(S(N)(=O)=O)c3)c2)CC1. The molecule has 0 spiro atoms. The number of hydrogen-bond donors (Lipinski definition) is 4. The normalized spacial score (nSPS) is 14.6. The van der Waals surface area contributed by atoms with E-state index in [1.807, 2.05) is 17.1 Å². The third-order valence-corrected chi connectivity index (χ3v) is 8.89. The van der Waals surface area contributed by atoms with E-state index in [4.69, 9.17) is 10.3 Å². The zero-order chi connectivity index (χ0) is 31.0. The van der Waals surface area contributed by atoms with E-state index in [1.54, 1.807) is 42.6 Å².